The van der Waals surface area contributed by atoms with Gasteiger partial charge in [0.1, 0.15) is 5.54 Å². The Bertz CT molecular complexity index is 1150. The molecule has 4 atom stereocenters. The maximum absolute atomic E-state index is 13.9. The highest BCUT2D eigenvalue weighted by Gasteiger charge is 2.74. The molecule has 4 aliphatic rings. The molecule has 3 amide bonds. The van der Waals surface area contributed by atoms with Crippen molar-refractivity contribution in [1.29, 1.82) is 0 Å². The number of benzene rings is 2. The van der Waals surface area contributed by atoms with Crippen LogP contribution in [0.2, 0.25) is 0 Å². The van der Waals surface area contributed by atoms with Crippen LogP contribution in [0.1, 0.15) is 24.0 Å². The van der Waals surface area contributed by atoms with E-state index in [0.29, 0.717) is 16.7 Å². The van der Waals surface area contributed by atoms with E-state index in [-0.39, 0.29) is 23.8 Å². The van der Waals surface area contributed by atoms with E-state index < -0.39 is 17.4 Å². The van der Waals surface area contributed by atoms with Crippen LogP contribution < -0.4 is 10.2 Å². The van der Waals surface area contributed by atoms with Crippen molar-refractivity contribution >= 4 is 45.0 Å². The Kier molecular flexibility index (Phi) is 3.66. The molecule has 0 radical (unpaired) electrons. The van der Waals surface area contributed by atoms with E-state index in [4.69, 9.17) is 0 Å². The Hall–Kier alpha value is -2.51. The summed E-state index contributed by atoms with van der Waals surface area (Å²) < 4.78 is 0.691. The molecule has 6 rings (SSSR count). The molecule has 3 saturated heterocycles. The number of anilines is 2. The summed E-state index contributed by atoms with van der Waals surface area (Å²) in [5, 5.41) is 3.05. The third-order valence-corrected chi connectivity index (χ3v) is 8.00. The number of hydrogen-bond acceptors (Lipinski definition) is 4. The molecule has 0 aromatic heterocycles. The van der Waals surface area contributed by atoms with Gasteiger partial charge in [0.15, 0.2) is 0 Å². The molecule has 30 heavy (non-hydrogen) atoms. The SMILES string of the molecule is Cc1cccc2c1NC(=O)[C@@]21[C@@H]2C(=O)N(c3ccccc3Br)C(=O)[C@H]2[C@H]2CCCN21. The minimum atomic E-state index is -1.12. The minimum Gasteiger partial charge on any atom is -0.324 e. The van der Waals surface area contributed by atoms with Gasteiger partial charge in [0, 0.05) is 21.8 Å². The molecule has 0 aliphatic carbocycles. The first-order valence-electron chi connectivity index (χ1n) is 10.3. The molecule has 4 heterocycles. The lowest BCUT2D eigenvalue weighted by Gasteiger charge is -2.36. The summed E-state index contributed by atoms with van der Waals surface area (Å²) >= 11 is 3.48. The molecule has 3 fully saturated rings. The van der Waals surface area contributed by atoms with Gasteiger partial charge >= 0.3 is 0 Å². The molecule has 6 nitrogen and oxygen atoms in total. The van der Waals surface area contributed by atoms with Gasteiger partial charge < -0.3 is 5.32 Å². The van der Waals surface area contributed by atoms with Gasteiger partial charge in [-0.2, -0.15) is 0 Å². The molecular formula is C23H20BrN3O3. The van der Waals surface area contributed by atoms with Crippen molar-refractivity contribution in [2.75, 3.05) is 16.8 Å². The predicted molar refractivity (Wildman–Crippen MR) is 115 cm³/mol. The molecule has 2 aromatic rings. The topological polar surface area (TPSA) is 69.7 Å². The average molecular weight is 466 g/mol. The Morgan fingerprint density at radius 2 is 1.87 bits per heavy atom. The fourth-order valence-corrected chi connectivity index (χ4v) is 6.71. The van der Waals surface area contributed by atoms with Gasteiger partial charge in [-0.05, 0) is 59.9 Å². The number of carbonyl (C=O) groups excluding carboxylic acids is 3. The van der Waals surface area contributed by atoms with Crippen LogP contribution in [0, 0.1) is 18.8 Å². The van der Waals surface area contributed by atoms with Gasteiger partial charge in [-0.1, -0.05) is 30.3 Å². The van der Waals surface area contributed by atoms with Gasteiger partial charge in [-0.3, -0.25) is 19.3 Å². The van der Waals surface area contributed by atoms with Crippen LogP contribution in [0.15, 0.2) is 46.9 Å². The number of fused-ring (bicyclic) bond motifs is 7. The van der Waals surface area contributed by atoms with Crippen LogP contribution in [0.3, 0.4) is 0 Å². The van der Waals surface area contributed by atoms with Crippen LogP contribution >= 0.6 is 15.9 Å². The highest BCUT2D eigenvalue weighted by Crippen LogP contribution is 2.61. The van der Waals surface area contributed by atoms with Crippen LogP contribution in [0.25, 0.3) is 0 Å². The lowest BCUT2D eigenvalue weighted by molar-refractivity contribution is -0.135. The summed E-state index contributed by atoms with van der Waals surface area (Å²) in [5.74, 6) is -1.88. The number of para-hydroxylation sites is 2. The Balaban J connectivity index is 1.59. The number of amides is 3. The molecule has 0 unspecified atom stereocenters. The van der Waals surface area contributed by atoms with E-state index in [1.54, 1.807) is 6.07 Å². The Labute approximate surface area is 182 Å². The van der Waals surface area contributed by atoms with Crippen LogP contribution in [0.4, 0.5) is 11.4 Å². The predicted octanol–water partition coefficient (Wildman–Crippen LogP) is 3.19. The zero-order chi connectivity index (χ0) is 20.8. The van der Waals surface area contributed by atoms with Crippen molar-refractivity contribution in [2.45, 2.75) is 31.3 Å². The zero-order valence-electron chi connectivity index (χ0n) is 16.4. The van der Waals surface area contributed by atoms with E-state index in [1.165, 1.54) is 4.90 Å². The second-order valence-corrected chi connectivity index (χ2v) is 9.44. The molecule has 0 bridgehead atoms. The number of rotatable bonds is 1. The van der Waals surface area contributed by atoms with Crippen LogP contribution in [0.5, 0.6) is 0 Å². The minimum absolute atomic E-state index is 0.101. The number of imide groups is 1. The smallest absolute Gasteiger partial charge is 0.250 e. The van der Waals surface area contributed by atoms with Gasteiger partial charge in [0.25, 0.3) is 0 Å². The summed E-state index contributed by atoms with van der Waals surface area (Å²) in [6, 6.07) is 13.0. The number of hydrogen-bond donors (Lipinski definition) is 1. The average Bonchev–Trinajstić information content (AvgIpc) is 3.42. The van der Waals surface area contributed by atoms with E-state index in [2.05, 4.69) is 26.1 Å². The van der Waals surface area contributed by atoms with Crippen molar-refractivity contribution in [3.05, 3.63) is 58.1 Å². The highest BCUT2D eigenvalue weighted by atomic mass is 79.9. The normalized spacial score (nSPS) is 32.0. The Morgan fingerprint density at radius 3 is 2.67 bits per heavy atom. The summed E-state index contributed by atoms with van der Waals surface area (Å²) in [5.41, 5.74) is 2.02. The van der Waals surface area contributed by atoms with E-state index in [1.807, 2.05) is 43.3 Å². The van der Waals surface area contributed by atoms with Gasteiger partial charge in [-0.25, -0.2) is 4.90 Å². The van der Waals surface area contributed by atoms with E-state index in [0.717, 1.165) is 29.7 Å². The molecule has 1 spiro atoms. The number of nitrogens with zero attached hydrogens (tertiary/aromatic N) is 2. The molecule has 1 N–H and O–H groups in total. The third-order valence-electron chi connectivity index (χ3n) is 7.33. The first kappa shape index (κ1) is 18.3. The van der Waals surface area contributed by atoms with Crippen molar-refractivity contribution in [1.82, 2.24) is 4.90 Å². The van der Waals surface area contributed by atoms with Crippen molar-refractivity contribution in [3.63, 3.8) is 0 Å². The summed E-state index contributed by atoms with van der Waals surface area (Å²) in [6.45, 7) is 2.68. The van der Waals surface area contributed by atoms with Gasteiger partial charge in [0.05, 0.1) is 17.5 Å². The van der Waals surface area contributed by atoms with Gasteiger partial charge in [0.2, 0.25) is 17.7 Å². The molecule has 4 aliphatic heterocycles. The fourth-order valence-electron chi connectivity index (χ4n) is 6.25. The van der Waals surface area contributed by atoms with Crippen molar-refractivity contribution in [2.24, 2.45) is 11.8 Å². The first-order chi connectivity index (χ1) is 14.5. The Morgan fingerprint density at radius 1 is 1.07 bits per heavy atom. The molecule has 152 valence electrons. The monoisotopic (exact) mass is 465 g/mol. The first-order valence-corrected chi connectivity index (χ1v) is 11.1. The maximum atomic E-state index is 13.9. The standard InChI is InChI=1S/C23H20BrN3O3/c1-12-6-4-7-13-19(12)25-22(30)23(13)18-17(16-10-5-11-26(16)23)20(28)27(21(18)29)15-9-3-2-8-14(15)24/h2-4,6-9,16-18H,5,10-11H2,1H3,(H,25,30)/t16-,17+,18+,23+/m1/s1. The lowest BCUT2D eigenvalue weighted by Crippen LogP contribution is -2.54. The van der Waals surface area contributed by atoms with Crippen molar-refractivity contribution < 1.29 is 14.4 Å². The maximum Gasteiger partial charge on any atom is 0.250 e. The van der Waals surface area contributed by atoms with Crippen LogP contribution in [-0.2, 0) is 19.9 Å². The number of carbonyl (C=O) groups is 3. The fraction of sp³-hybridized carbons (Fsp3) is 0.348. The van der Waals surface area contributed by atoms with E-state index >= 15 is 0 Å². The third kappa shape index (κ3) is 1.95. The second-order valence-electron chi connectivity index (χ2n) is 8.59. The number of halogens is 1. The second kappa shape index (κ2) is 6.02. The summed E-state index contributed by atoms with van der Waals surface area (Å²) in [4.78, 5) is 44.6. The largest absolute Gasteiger partial charge is 0.324 e. The summed E-state index contributed by atoms with van der Waals surface area (Å²) in [7, 11) is 0. The summed E-state index contributed by atoms with van der Waals surface area (Å²) in [6.07, 6.45) is 1.74. The quantitative estimate of drug-likeness (QED) is 0.656. The molecular weight excluding hydrogens is 446 g/mol. The molecule has 2 aromatic carbocycles. The van der Waals surface area contributed by atoms with Gasteiger partial charge in [-0.15, -0.1) is 0 Å². The van der Waals surface area contributed by atoms with Crippen LogP contribution in [-0.4, -0.2) is 35.2 Å². The number of aryl methyl sites for hydroxylation is 1. The molecule has 0 saturated carbocycles. The van der Waals surface area contributed by atoms with E-state index in [9.17, 15) is 14.4 Å². The highest BCUT2D eigenvalue weighted by molar-refractivity contribution is 9.10. The zero-order valence-corrected chi connectivity index (χ0v) is 18.0. The molecule has 7 heteroatoms. The lowest BCUT2D eigenvalue weighted by atomic mass is 9.75. The van der Waals surface area contributed by atoms with Crippen molar-refractivity contribution in [3.8, 4) is 0 Å². The number of nitrogens with one attached hydrogen (secondary N) is 1.